The topological polar surface area (TPSA) is 112 Å². The van der Waals surface area contributed by atoms with E-state index in [9.17, 15) is 18.0 Å². The van der Waals surface area contributed by atoms with Crippen LogP contribution in [0.5, 0.6) is 0 Å². The highest BCUT2D eigenvalue weighted by Gasteiger charge is 2.33. The number of nitrogens with two attached hydrogens (primary N) is 1. The summed E-state index contributed by atoms with van der Waals surface area (Å²) in [6.45, 7) is 8.90. The van der Waals surface area contributed by atoms with Gasteiger partial charge in [0.25, 0.3) is 5.91 Å². The van der Waals surface area contributed by atoms with Crippen LogP contribution in [0, 0.1) is 6.92 Å². The van der Waals surface area contributed by atoms with Gasteiger partial charge >= 0.3 is 6.18 Å². The van der Waals surface area contributed by atoms with Crippen LogP contribution in [0.3, 0.4) is 0 Å². The van der Waals surface area contributed by atoms with Crippen molar-refractivity contribution >= 4 is 46.4 Å². The van der Waals surface area contributed by atoms with Gasteiger partial charge in [-0.25, -0.2) is 15.0 Å². The summed E-state index contributed by atoms with van der Waals surface area (Å²) >= 11 is 5.69. The van der Waals surface area contributed by atoms with Crippen LogP contribution in [0.25, 0.3) is 0 Å². The largest absolute Gasteiger partial charge is 0.417 e. The highest BCUT2D eigenvalue weighted by molar-refractivity contribution is 6.31. The SMILES string of the molecule is C=CNc1cnc(N2CCCN(C)CC2)nc1C(N)=Nc1cc(C(=O)Nc2ccc(Cl)c(C(F)(F)F)c2)ccc1C. The summed E-state index contributed by atoms with van der Waals surface area (Å²) in [7, 11) is 2.07. The Kier molecular flexibility index (Phi) is 9.14. The first-order valence-electron chi connectivity index (χ1n) is 12.8. The van der Waals surface area contributed by atoms with Gasteiger partial charge in [0.1, 0.15) is 5.69 Å². The van der Waals surface area contributed by atoms with E-state index in [1.54, 1.807) is 25.3 Å². The van der Waals surface area contributed by atoms with Gasteiger partial charge in [-0.3, -0.25) is 4.79 Å². The van der Waals surface area contributed by atoms with Gasteiger partial charge in [-0.1, -0.05) is 24.2 Å². The van der Waals surface area contributed by atoms with Crippen molar-refractivity contribution in [1.29, 1.82) is 0 Å². The second-order valence-corrected chi connectivity index (χ2v) is 9.98. The summed E-state index contributed by atoms with van der Waals surface area (Å²) in [5.41, 5.74) is 7.50. The number of nitrogens with zero attached hydrogens (tertiary/aromatic N) is 5. The average molecular weight is 587 g/mol. The highest BCUT2D eigenvalue weighted by Crippen LogP contribution is 2.36. The van der Waals surface area contributed by atoms with Crippen LogP contribution >= 0.6 is 11.6 Å². The second kappa shape index (κ2) is 12.6. The second-order valence-electron chi connectivity index (χ2n) is 9.57. The molecule has 0 spiro atoms. The molecule has 9 nitrogen and oxygen atoms in total. The molecule has 1 aromatic heterocycles. The molecule has 1 aliphatic heterocycles. The zero-order valence-electron chi connectivity index (χ0n) is 22.6. The first-order chi connectivity index (χ1) is 19.5. The number of carbonyl (C=O) groups excluding carboxylic acids is 1. The molecule has 1 amide bonds. The molecule has 13 heteroatoms. The van der Waals surface area contributed by atoms with Gasteiger partial charge in [0.2, 0.25) is 5.95 Å². The van der Waals surface area contributed by atoms with Crippen molar-refractivity contribution in [1.82, 2.24) is 14.9 Å². The van der Waals surface area contributed by atoms with E-state index in [1.165, 1.54) is 18.3 Å². The zero-order valence-corrected chi connectivity index (χ0v) is 23.4. The van der Waals surface area contributed by atoms with Crippen LogP contribution < -0.4 is 21.3 Å². The molecule has 1 saturated heterocycles. The predicted octanol–water partition coefficient (Wildman–Crippen LogP) is 5.44. The van der Waals surface area contributed by atoms with Crippen LogP contribution in [0.1, 0.15) is 33.6 Å². The lowest BCUT2D eigenvalue weighted by molar-refractivity contribution is -0.137. The number of benzene rings is 2. The molecule has 1 aliphatic rings. The molecule has 2 heterocycles. The van der Waals surface area contributed by atoms with E-state index in [2.05, 4.69) is 44.0 Å². The molecule has 41 heavy (non-hydrogen) atoms. The van der Waals surface area contributed by atoms with Crippen LogP contribution in [0.15, 0.2) is 60.4 Å². The lowest BCUT2D eigenvalue weighted by atomic mass is 10.1. The van der Waals surface area contributed by atoms with E-state index in [0.717, 1.165) is 50.3 Å². The number of anilines is 3. The molecule has 3 aromatic rings. The van der Waals surface area contributed by atoms with Gasteiger partial charge < -0.3 is 26.2 Å². The average Bonchev–Trinajstić information content (AvgIpc) is 3.15. The van der Waals surface area contributed by atoms with Crippen LogP contribution in [0.2, 0.25) is 5.02 Å². The van der Waals surface area contributed by atoms with Crippen molar-refractivity contribution in [2.24, 2.45) is 10.7 Å². The molecule has 2 aromatic carbocycles. The lowest BCUT2D eigenvalue weighted by Gasteiger charge is -2.21. The Morgan fingerprint density at radius 2 is 1.95 bits per heavy atom. The van der Waals surface area contributed by atoms with Crippen molar-refractivity contribution in [3.63, 3.8) is 0 Å². The maximum atomic E-state index is 13.2. The summed E-state index contributed by atoms with van der Waals surface area (Å²) < 4.78 is 39.7. The molecule has 0 atom stereocenters. The van der Waals surface area contributed by atoms with Gasteiger partial charge in [0, 0.05) is 30.9 Å². The van der Waals surface area contributed by atoms with Crippen molar-refractivity contribution < 1.29 is 18.0 Å². The molecular weight excluding hydrogens is 557 g/mol. The molecule has 4 N–H and O–H groups in total. The van der Waals surface area contributed by atoms with Crippen molar-refractivity contribution in [3.8, 4) is 0 Å². The minimum Gasteiger partial charge on any atom is -0.382 e. The van der Waals surface area contributed by atoms with E-state index in [4.69, 9.17) is 22.3 Å². The number of aromatic nitrogens is 2. The first-order valence-corrected chi connectivity index (χ1v) is 13.2. The Bertz CT molecular complexity index is 1480. The zero-order chi connectivity index (χ0) is 29.7. The Morgan fingerprint density at radius 3 is 2.68 bits per heavy atom. The molecule has 0 unspecified atom stereocenters. The number of aliphatic imine (C=N–C) groups is 1. The number of rotatable bonds is 7. The summed E-state index contributed by atoms with van der Waals surface area (Å²) in [6.07, 6.45) is -0.598. The predicted molar refractivity (Wildman–Crippen MR) is 156 cm³/mol. The van der Waals surface area contributed by atoms with E-state index >= 15 is 0 Å². The van der Waals surface area contributed by atoms with Gasteiger partial charge in [-0.05, 0) is 69.0 Å². The molecule has 0 bridgehead atoms. The number of likely N-dealkylation sites (N-methyl/N-ethyl adjacent to an activating group) is 1. The summed E-state index contributed by atoms with van der Waals surface area (Å²) in [4.78, 5) is 31.0. The molecule has 0 saturated carbocycles. The third-order valence-corrected chi connectivity index (χ3v) is 6.85. The summed E-state index contributed by atoms with van der Waals surface area (Å²) in [5, 5.41) is 5.00. The maximum Gasteiger partial charge on any atom is 0.417 e. The normalized spacial score (nSPS) is 14.9. The monoisotopic (exact) mass is 586 g/mol. The third-order valence-electron chi connectivity index (χ3n) is 6.52. The van der Waals surface area contributed by atoms with Gasteiger partial charge in [0.15, 0.2) is 5.84 Å². The maximum absolute atomic E-state index is 13.2. The molecule has 1 fully saturated rings. The number of amidine groups is 1. The number of hydrogen-bond acceptors (Lipinski definition) is 7. The Balaban J connectivity index is 1.63. The number of amides is 1. The van der Waals surface area contributed by atoms with Crippen molar-refractivity contribution in [2.45, 2.75) is 19.5 Å². The summed E-state index contributed by atoms with van der Waals surface area (Å²) in [5.74, 6) is -0.0212. The van der Waals surface area contributed by atoms with E-state index < -0.39 is 22.7 Å². The molecule has 0 aliphatic carbocycles. The Labute approximate surface area is 240 Å². The van der Waals surface area contributed by atoms with Crippen LogP contribution in [-0.4, -0.2) is 59.8 Å². The number of alkyl halides is 3. The van der Waals surface area contributed by atoms with Crippen LogP contribution in [-0.2, 0) is 6.18 Å². The molecule has 216 valence electrons. The minimum absolute atomic E-state index is 0.0507. The van der Waals surface area contributed by atoms with E-state index in [-0.39, 0.29) is 17.1 Å². The van der Waals surface area contributed by atoms with Crippen molar-refractivity contribution in [3.05, 3.63) is 82.8 Å². The fraction of sp³-hybridized carbons (Fsp3) is 0.286. The van der Waals surface area contributed by atoms with Gasteiger partial charge in [-0.15, -0.1) is 0 Å². The van der Waals surface area contributed by atoms with Gasteiger partial charge in [0.05, 0.1) is 28.2 Å². The fourth-order valence-corrected chi connectivity index (χ4v) is 4.48. The Morgan fingerprint density at radius 1 is 1.17 bits per heavy atom. The van der Waals surface area contributed by atoms with E-state index in [1.807, 2.05) is 0 Å². The standard InChI is InChI=1S/C28H30ClF3N8O/c1-4-34-23-16-35-27(40-11-5-10-39(3)12-13-40)38-24(23)25(33)37-22-14-18(7-6-17(22)2)26(41)36-19-8-9-21(29)20(15-19)28(30,31)32/h4,6-9,14-16,34H,1,5,10-13H2,2-3H3,(H2,33,37)(H,36,41). The molecule has 0 radical (unpaired) electrons. The van der Waals surface area contributed by atoms with Crippen LogP contribution in [0.4, 0.5) is 36.2 Å². The minimum atomic E-state index is -4.66. The Hall–Kier alpha value is -4.16. The smallest absolute Gasteiger partial charge is 0.382 e. The number of hydrogen-bond donors (Lipinski definition) is 3. The fourth-order valence-electron chi connectivity index (χ4n) is 4.26. The number of halogens is 4. The summed E-state index contributed by atoms with van der Waals surface area (Å²) in [6, 6.07) is 7.89. The lowest BCUT2D eigenvalue weighted by Crippen LogP contribution is -2.31. The van der Waals surface area contributed by atoms with Crippen molar-refractivity contribution in [2.75, 3.05) is 48.8 Å². The number of carbonyl (C=O) groups is 1. The highest BCUT2D eigenvalue weighted by atomic mass is 35.5. The number of nitrogens with one attached hydrogen (secondary N) is 2. The number of aryl methyl sites for hydroxylation is 1. The quantitative estimate of drug-likeness (QED) is 0.249. The van der Waals surface area contributed by atoms with Gasteiger partial charge in [-0.2, -0.15) is 13.2 Å². The molecule has 4 rings (SSSR count). The third kappa shape index (κ3) is 7.33. The first kappa shape index (κ1) is 29.8. The molecular formula is C28H30ClF3N8O. The van der Waals surface area contributed by atoms with E-state index in [0.29, 0.717) is 23.0 Å².